The second-order valence-corrected chi connectivity index (χ2v) is 6.61. The summed E-state index contributed by atoms with van der Waals surface area (Å²) in [7, 11) is 0. The molecule has 2 heteroatoms. The molecule has 1 saturated carbocycles. The molecule has 0 spiro atoms. The molecule has 0 amide bonds. The Balaban J connectivity index is 1.88. The highest BCUT2D eigenvalue weighted by molar-refractivity contribution is 5.24. The van der Waals surface area contributed by atoms with Gasteiger partial charge < -0.3 is 11.1 Å². The van der Waals surface area contributed by atoms with E-state index >= 15 is 0 Å². The van der Waals surface area contributed by atoms with Crippen molar-refractivity contribution in [2.75, 3.05) is 6.54 Å². The largest absolute Gasteiger partial charge is 0.330 e. The molecule has 2 nitrogen and oxygen atoms in total. The molecule has 1 aliphatic carbocycles. The number of hydrogen-bond acceptors (Lipinski definition) is 2. The maximum Gasteiger partial charge on any atom is 0.0208 e. The average molecular weight is 246 g/mol. The van der Waals surface area contributed by atoms with Gasteiger partial charge in [-0.15, -0.1) is 0 Å². The molecule has 1 aromatic rings. The summed E-state index contributed by atoms with van der Waals surface area (Å²) < 4.78 is 0. The molecule has 0 aliphatic heterocycles. The monoisotopic (exact) mass is 246 g/mol. The first-order valence-corrected chi connectivity index (χ1v) is 6.91. The van der Waals surface area contributed by atoms with Crippen molar-refractivity contribution in [1.29, 1.82) is 0 Å². The Morgan fingerprint density at radius 1 is 1.00 bits per heavy atom. The predicted octanol–water partition coefficient (Wildman–Crippen LogP) is 2.71. The topological polar surface area (TPSA) is 38.0 Å². The third-order valence-electron chi connectivity index (χ3n) is 4.99. The molecule has 0 atom stereocenters. The van der Waals surface area contributed by atoms with Gasteiger partial charge in [0.25, 0.3) is 0 Å². The van der Waals surface area contributed by atoms with Gasteiger partial charge in [0.15, 0.2) is 0 Å². The fourth-order valence-corrected chi connectivity index (χ4v) is 2.92. The van der Waals surface area contributed by atoms with Gasteiger partial charge >= 0.3 is 0 Å². The van der Waals surface area contributed by atoms with Gasteiger partial charge in [0.05, 0.1) is 0 Å². The summed E-state index contributed by atoms with van der Waals surface area (Å²) in [5.74, 6) is 0. The Morgan fingerprint density at radius 2 is 1.50 bits per heavy atom. The van der Waals surface area contributed by atoms with E-state index in [1.54, 1.807) is 0 Å². The number of nitrogens with one attached hydrogen (secondary N) is 1. The minimum atomic E-state index is 0.409. The Hall–Kier alpha value is -0.860. The molecule has 0 saturated heterocycles. The number of nitrogens with two attached hydrogens (primary N) is 1. The molecule has 1 aliphatic rings. The fourth-order valence-electron chi connectivity index (χ4n) is 2.92. The van der Waals surface area contributed by atoms with Gasteiger partial charge in [-0.05, 0) is 34.9 Å². The Bertz CT molecular complexity index is 390. The zero-order valence-corrected chi connectivity index (χ0v) is 12.1. The lowest BCUT2D eigenvalue weighted by Gasteiger charge is -2.07. The Kier molecular flexibility index (Phi) is 3.52. The average Bonchev–Trinajstić information content (AvgIpc) is 2.69. The van der Waals surface area contributed by atoms with Crippen LogP contribution in [-0.2, 0) is 13.0 Å². The van der Waals surface area contributed by atoms with Crippen molar-refractivity contribution >= 4 is 0 Å². The summed E-state index contributed by atoms with van der Waals surface area (Å²) in [6.45, 7) is 11.1. The zero-order valence-electron chi connectivity index (χ0n) is 12.1. The van der Waals surface area contributed by atoms with E-state index in [2.05, 4.69) is 57.3 Å². The summed E-state index contributed by atoms with van der Waals surface area (Å²) in [6.07, 6.45) is 0.969. The molecule has 0 aromatic heterocycles. The van der Waals surface area contributed by atoms with E-state index in [1.807, 2.05) is 0 Å². The van der Waals surface area contributed by atoms with Crippen LogP contribution < -0.4 is 11.1 Å². The summed E-state index contributed by atoms with van der Waals surface area (Å²) >= 11 is 0. The van der Waals surface area contributed by atoms with Crippen molar-refractivity contribution < 1.29 is 0 Å². The van der Waals surface area contributed by atoms with E-state index < -0.39 is 0 Å². The van der Waals surface area contributed by atoms with Gasteiger partial charge in [-0.1, -0.05) is 52.0 Å². The van der Waals surface area contributed by atoms with Gasteiger partial charge in [-0.3, -0.25) is 0 Å². The van der Waals surface area contributed by atoms with Crippen LogP contribution >= 0.6 is 0 Å². The van der Waals surface area contributed by atoms with Gasteiger partial charge in [0, 0.05) is 12.6 Å². The summed E-state index contributed by atoms with van der Waals surface area (Å²) in [5.41, 5.74) is 9.05. The van der Waals surface area contributed by atoms with Crippen LogP contribution in [0, 0.1) is 10.8 Å². The van der Waals surface area contributed by atoms with Crippen molar-refractivity contribution in [3.63, 3.8) is 0 Å². The van der Waals surface area contributed by atoms with Crippen LogP contribution in [0.15, 0.2) is 24.3 Å². The molecule has 0 bridgehead atoms. The molecular formula is C16H26N2. The standard InChI is InChI=1S/C16H26N2/c1-15(2)14(16(15,3)4)18-11-13-7-5-12(6-8-13)9-10-17/h5-8,14,18H,9-11,17H2,1-4H3. The Morgan fingerprint density at radius 3 is 1.94 bits per heavy atom. The summed E-state index contributed by atoms with van der Waals surface area (Å²) in [4.78, 5) is 0. The maximum atomic E-state index is 5.55. The van der Waals surface area contributed by atoms with E-state index in [-0.39, 0.29) is 0 Å². The number of rotatable bonds is 5. The normalized spacial score (nSPS) is 20.9. The van der Waals surface area contributed by atoms with E-state index in [9.17, 15) is 0 Å². The van der Waals surface area contributed by atoms with Gasteiger partial charge in [-0.25, -0.2) is 0 Å². The lowest BCUT2D eigenvalue weighted by Crippen LogP contribution is -2.21. The molecule has 2 rings (SSSR count). The SMILES string of the molecule is CC1(C)C(NCc2ccc(CCN)cc2)C1(C)C. The molecule has 18 heavy (non-hydrogen) atoms. The van der Waals surface area contributed by atoms with Gasteiger partial charge in [0.1, 0.15) is 0 Å². The molecule has 0 radical (unpaired) electrons. The fraction of sp³-hybridized carbons (Fsp3) is 0.625. The molecule has 3 N–H and O–H groups in total. The first-order valence-electron chi connectivity index (χ1n) is 6.91. The second kappa shape index (κ2) is 4.67. The number of hydrogen-bond donors (Lipinski definition) is 2. The van der Waals surface area contributed by atoms with Crippen LogP contribution in [0.25, 0.3) is 0 Å². The minimum absolute atomic E-state index is 0.409. The van der Waals surface area contributed by atoms with Crippen molar-refractivity contribution in [3.05, 3.63) is 35.4 Å². The van der Waals surface area contributed by atoms with Crippen LogP contribution in [0.5, 0.6) is 0 Å². The molecule has 1 aromatic carbocycles. The second-order valence-electron chi connectivity index (χ2n) is 6.61. The smallest absolute Gasteiger partial charge is 0.0208 e. The van der Waals surface area contributed by atoms with Crippen LogP contribution in [-0.4, -0.2) is 12.6 Å². The first-order chi connectivity index (χ1) is 8.39. The van der Waals surface area contributed by atoms with Gasteiger partial charge in [0.2, 0.25) is 0 Å². The first kappa shape index (κ1) is 13.6. The predicted molar refractivity (Wildman–Crippen MR) is 77.4 cm³/mol. The van der Waals surface area contributed by atoms with Crippen LogP contribution in [0.4, 0.5) is 0 Å². The third-order valence-corrected chi connectivity index (χ3v) is 4.99. The zero-order chi connectivity index (χ0) is 13.4. The highest BCUT2D eigenvalue weighted by atomic mass is 15.0. The summed E-state index contributed by atoms with van der Waals surface area (Å²) in [6, 6.07) is 9.41. The Labute approximate surface area is 111 Å². The molecule has 0 heterocycles. The van der Waals surface area contributed by atoms with Crippen molar-refractivity contribution in [1.82, 2.24) is 5.32 Å². The van der Waals surface area contributed by atoms with Crippen LogP contribution in [0.1, 0.15) is 38.8 Å². The maximum absolute atomic E-state index is 5.55. The lowest BCUT2D eigenvalue weighted by atomic mass is 10.0. The van der Waals surface area contributed by atoms with E-state index in [4.69, 9.17) is 5.73 Å². The molecular weight excluding hydrogens is 220 g/mol. The van der Waals surface area contributed by atoms with Crippen molar-refractivity contribution in [3.8, 4) is 0 Å². The highest BCUT2D eigenvalue weighted by Gasteiger charge is 2.64. The molecule has 100 valence electrons. The van der Waals surface area contributed by atoms with Crippen LogP contribution in [0.3, 0.4) is 0 Å². The quantitative estimate of drug-likeness (QED) is 0.838. The lowest BCUT2D eigenvalue weighted by molar-refractivity contribution is 0.457. The van der Waals surface area contributed by atoms with Gasteiger partial charge in [-0.2, -0.15) is 0 Å². The number of benzene rings is 1. The van der Waals surface area contributed by atoms with E-state index in [1.165, 1.54) is 11.1 Å². The van der Waals surface area contributed by atoms with Crippen molar-refractivity contribution in [2.24, 2.45) is 16.6 Å². The van der Waals surface area contributed by atoms with E-state index in [0.717, 1.165) is 19.5 Å². The minimum Gasteiger partial charge on any atom is -0.330 e. The highest BCUT2D eigenvalue weighted by Crippen LogP contribution is 2.62. The van der Waals surface area contributed by atoms with E-state index in [0.29, 0.717) is 16.9 Å². The third kappa shape index (κ3) is 2.32. The van der Waals surface area contributed by atoms with Crippen LogP contribution in [0.2, 0.25) is 0 Å². The van der Waals surface area contributed by atoms with Crippen molar-refractivity contribution in [2.45, 2.75) is 46.7 Å². The molecule has 0 unspecified atom stereocenters. The summed E-state index contributed by atoms with van der Waals surface area (Å²) in [5, 5.41) is 3.68. The molecule has 1 fully saturated rings.